The van der Waals surface area contributed by atoms with E-state index in [0.717, 1.165) is 34.7 Å². The fraction of sp³-hybridized carbons (Fsp3) is 0.727. The summed E-state index contributed by atoms with van der Waals surface area (Å²) in [6.45, 7) is 5.48. The van der Waals surface area contributed by atoms with E-state index >= 15 is 0 Å². The van der Waals surface area contributed by atoms with Crippen molar-refractivity contribution in [1.82, 2.24) is 25.1 Å². The molecule has 0 spiro atoms. The molecule has 1 saturated heterocycles. The van der Waals surface area contributed by atoms with Crippen LogP contribution in [0.4, 0.5) is 0 Å². The second kappa shape index (κ2) is 4.34. The topological polar surface area (TPSA) is 55.1 Å². The van der Waals surface area contributed by atoms with Crippen molar-refractivity contribution < 1.29 is 0 Å². The molecule has 5 nitrogen and oxygen atoms in total. The molecule has 0 saturated carbocycles. The van der Waals surface area contributed by atoms with Crippen LogP contribution >= 0.6 is 11.3 Å². The number of rotatable bonds is 2. The van der Waals surface area contributed by atoms with E-state index in [4.69, 9.17) is 0 Å². The molecular formula is C11H17N5S. The van der Waals surface area contributed by atoms with Gasteiger partial charge >= 0.3 is 0 Å². The molecule has 1 fully saturated rings. The van der Waals surface area contributed by atoms with Crippen molar-refractivity contribution >= 4 is 16.3 Å². The van der Waals surface area contributed by atoms with Gasteiger partial charge in [0, 0.05) is 6.42 Å². The van der Waals surface area contributed by atoms with E-state index in [1.165, 1.54) is 12.8 Å². The van der Waals surface area contributed by atoms with Gasteiger partial charge in [-0.1, -0.05) is 25.2 Å². The van der Waals surface area contributed by atoms with Crippen LogP contribution in [0.3, 0.4) is 0 Å². The zero-order valence-corrected chi connectivity index (χ0v) is 11.0. The van der Waals surface area contributed by atoms with E-state index in [1.54, 1.807) is 11.3 Å². The van der Waals surface area contributed by atoms with Crippen molar-refractivity contribution in [3.8, 4) is 0 Å². The average Bonchev–Trinajstić information content (AvgIpc) is 2.87. The number of aromatic nitrogens is 4. The summed E-state index contributed by atoms with van der Waals surface area (Å²) >= 11 is 1.66. The average molecular weight is 251 g/mol. The lowest BCUT2D eigenvalue weighted by Gasteiger charge is -2.26. The quantitative estimate of drug-likeness (QED) is 0.884. The van der Waals surface area contributed by atoms with E-state index in [-0.39, 0.29) is 0 Å². The van der Waals surface area contributed by atoms with Gasteiger partial charge in [0.1, 0.15) is 5.01 Å². The van der Waals surface area contributed by atoms with Gasteiger partial charge in [0.2, 0.25) is 4.96 Å². The Morgan fingerprint density at radius 1 is 1.47 bits per heavy atom. The van der Waals surface area contributed by atoms with E-state index < -0.39 is 0 Å². The maximum atomic E-state index is 4.65. The molecule has 1 aliphatic heterocycles. The van der Waals surface area contributed by atoms with Crippen molar-refractivity contribution in [3.05, 3.63) is 10.8 Å². The van der Waals surface area contributed by atoms with Crippen molar-refractivity contribution in [1.29, 1.82) is 0 Å². The number of aryl methyl sites for hydroxylation is 1. The minimum atomic E-state index is 0.398. The zero-order chi connectivity index (χ0) is 11.8. The molecule has 0 aliphatic carbocycles. The van der Waals surface area contributed by atoms with Crippen LogP contribution in [-0.2, 0) is 6.42 Å². The Balaban J connectivity index is 1.92. The van der Waals surface area contributed by atoms with Gasteiger partial charge in [0.25, 0.3) is 0 Å². The van der Waals surface area contributed by atoms with Crippen LogP contribution in [0.2, 0.25) is 0 Å². The molecule has 2 aromatic rings. The summed E-state index contributed by atoms with van der Waals surface area (Å²) < 4.78 is 1.89. The van der Waals surface area contributed by atoms with Crippen LogP contribution in [0.15, 0.2) is 0 Å². The molecule has 17 heavy (non-hydrogen) atoms. The molecule has 2 unspecified atom stereocenters. The summed E-state index contributed by atoms with van der Waals surface area (Å²) in [5.74, 6) is 1.73. The molecule has 0 radical (unpaired) electrons. The molecule has 1 N–H and O–H groups in total. The fourth-order valence-corrected chi connectivity index (χ4v) is 3.27. The maximum absolute atomic E-state index is 4.65. The second-order valence-electron chi connectivity index (χ2n) is 4.74. The standard InChI is InChI=1S/C11H17N5S/c1-3-9-13-14-11-16(9)15-10(17-11)8-6-7(2)4-5-12-8/h7-8,12H,3-6H2,1-2H3. The highest BCUT2D eigenvalue weighted by Gasteiger charge is 2.23. The number of nitrogens with one attached hydrogen (secondary N) is 1. The number of nitrogens with zero attached hydrogens (tertiary/aromatic N) is 4. The summed E-state index contributed by atoms with van der Waals surface area (Å²) in [5, 5.41) is 17.6. The van der Waals surface area contributed by atoms with Gasteiger partial charge in [-0.05, 0) is 25.3 Å². The summed E-state index contributed by atoms with van der Waals surface area (Å²) in [7, 11) is 0. The molecule has 3 rings (SSSR count). The monoisotopic (exact) mass is 251 g/mol. The summed E-state index contributed by atoms with van der Waals surface area (Å²) in [5.41, 5.74) is 0. The van der Waals surface area contributed by atoms with Gasteiger partial charge in [-0.25, -0.2) is 0 Å². The number of fused-ring (bicyclic) bond motifs is 1. The molecule has 0 aromatic carbocycles. The molecule has 0 bridgehead atoms. The van der Waals surface area contributed by atoms with Crippen LogP contribution in [-0.4, -0.2) is 26.4 Å². The van der Waals surface area contributed by atoms with Crippen LogP contribution in [0.5, 0.6) is 0 Å². The number of piperidine rings is 1. The summed E-state index contributed by atoms with van der Waals surface area (Å²) in [6, 6.07) is 0.398. The van der Waals surface area contributed by atoms with Crippen molar-refractivity contribution in [2.45, 2.75) is 39.2 Å². The van der Waals surface area contributed by atoms with E-state index in [0.29, 0.717) is 6.04 Å². The second-order valence-corrected chi connectivity index (χ2v) is 5.73. The van der Waals surface area contributed by atoms with Crippen molar-refractivity contribution in [2.75, 3.05) is 6.54 Å². The first-order valence-electron chi connectivity index (χ1n) is 6.22. The fourth-order valence-electron chi connectivity index (χ4n) is 2.33. The lowest BCUT2D eigenvalue weighted by Crippen LogP contribution is -2.30. The number of hydrogen-bond acceptors (Lipinski definition) is 5. The van der Waals surface area contributed by atoms with Crippen LogP contribution in [0, 0.1) is 5.92 Å². The highest BCUT2D eigenvalue weighted by Crippen LogP contribution is 2.29. The van der Waals surface area contributed by atoms with Gasteiger partial charge in [-0.15, -0.1) is 10.2 Å². The third-order valence-corrected chi connectivity index (χ3v) is 4.36. The highest BCUT2D eigenvalue weighted by molar-refractivity contribution is 7.16. The highest BCUT2D eigenvalue weighted by atomic mass is 32.1. The predicted octanol–water partition coefficient (Wildman–Crippen LogP) is 1.81. The molecule has 3 heterocycles. The van der Waals surface area contributed by atoms with Gasteiger partial charge in [-0.3, -0.25) is 0 Å². The Hall–Kier alpha value is -1.01. The van der Waals surface area contributed by atoms with Crippen molar-refractivity contribution in [3.63, 3.8) is 0 Å². The van der Waals surface area contributed by atoms with E-state index in [1.807, 2.05) is 4.52 Å². The SMILES string of the molecule is CCc1nnc2sc(C3CC(C)CCN3)nn12. The predicted molar refractivity (Wildman–Crippen MR) is 67.2 cm³/mol. The minimum absolute atomic E-state index is 0.398. The van der Waals surface area contributed by atoms with Gasteiger partial charge < -0.3 is 5.32 Å². The Kier molecular flexibility index (Phi) is 2.84. The Morgan fingerprint density at radius 2 is 2.35 bits per heavy atom. The van der Waals surface area contributed by atoms with Gasteiger partial charge in [0.05, 0.1) is 6.04 Å². The zero-order valence-electron chi connectivity index (χ0n) is 10.2. The lowest BCUT2D eigenvalue weighted by molar-refractivity contribution is 0.323. The molecule has 2 aromatic heterocycles. The molecule has 92 valence electrons. The molecule has 2 atom stereocenters. The third kappa shape index (κ3) is 1.95. The van der Waals surface area contributed by atoms with Gasteiger partial charge in [-0.2, -0.15) is 9.61 Å². The lowest BCUT2D eigenvalue weighted by atomic mass is 9.95. The normalized spacial score (nSPS) is 25.5. The number of hydrogen-bond donors (Lipinski definition) is 1. The molecule has 0 amide bonds. The Labute approximate surface area is 104 Å². The maximum Gasteiger partial charge on any atom is 0.234 e. The van der Waals surface area contributed by atoms with E-state index in [9.17, 15) is 0 Å². The van der Waals surface area contributed by atoms with Crippen LogP contribution < -0.4 is 5.32 Å². The third-order valence-electron chi connectivity index (χ3n) is 3.35. The van der Waals surface area contributed by atoms with Crippen molar-refractivity contribution in [2.24, 2.45) is 5.92 Å². The first-order chi connectivity index (χ1) is 8.28. The Morgan fingerprint density at radius 3 is 3.12 bits per heavy atom. The smallest absolute Gasteiger partial charge is 0.234 e. The summed E-state index contributed by atoms with van der Waals surface area (Å²) in [4.78, 5) is 0.914. The van der Waals surface area contributed by atoms with Crippen LogP contribution in [0.1, 0.15) is 43.6 Å². The van der Waals surface area contributed by atoms with Crippen LogP contribution in [0.25, 0.3) is 4.96 Å². The Bertz CT molecular complexity index is 517. The van der Waals surface area contributed by atoms with E-state index in [2.05, 4.69) is 34.5 Å². The molecular weight excluding hydrogens is 234 g/mol. The van der Waals surface area contributed by atoms with Gasteiger partial charge in [0.15, 0.2) is 5.82 Å². The first-order valence-corrected chi connectivity index (χ1v) is 7.04. The first kappa shape index (κ1) is 11.1. The largest absolute Gasteiger partial charge is 0.308 e. The molecule has 6 heteroatoms. The summed E-state index contributed by atoms with van der Waals surface area (Å²) in [6.07, 6.45) is 3.31. The molecule has 1 aliphatic rings. The minimum Gasteiger partial charge on any atom is -0.308 e.